The Bertz CT molecular complexity index is 537. The predicted molar refractivity (Wildman–Crippen MR) is 66.8 cm³/mol. The van der Waals surface area contributed by atoms with Crippen LogP contribution < -0.4 is 4.74 Å². The number of nitrogens with zero attached hydrogens (tertiary/aromatic N) is 2. The number of benzene rings is 1. The molecule has 0 fully saturated rings. The SMILES string of the molecule is FC(F)(F)Cn1cc(OCc2ccc(Br)cc2)cn1. The second kappa shape index (κ2) is 5.64. The molecule has 102 valence electrons. The Morgan fingerprint density at radius 2 is 1.89 bits per heavy atom. The summed E-state index contributed by atoms with van der Waals surface area (Å²) in [7, 11) is 0. The second-order valence-electron chi connectivity index (χ2n) is 3.90. The molecule has 1 aromatic carbocycles. The average molecular weight is 335 g/mol. The van der Waals surface area contributed by atoms with E-state index < -0.39 is 12.7 Å². The molecule has 3 nitrogen and oxygen atoms in total. The van der Waals surface area contributed by atoms with E-state index in [4.69, 9.17) is 4.74 Å². The standard InChI is InChI=1S/C12H10BrF3N2O/c13-10-3-1-9(2-4-10)7-19-11-5-17-18(6-11)8-12(14,15)16/h1-6H,7-8H2. The third-order valence-corrected chi connectivity index (χ3v) is 2.80. The first-order valence-corrected chi connectivity index (χ1v) is 6.18. The molecule has 0 atom stereocenters. The van der Waals surface area contributed by atoms with Crippen molar-refractivity contribution in [3.8, 4) is 5.75 Å². The van der Waals surface area contributed by atoms with Crippen LogP contribution in [-0.4, -0.2) is 16.0 Å². The van der Waals surface area contributed by atoms with Crippen LogP contribution in [0.2, 0.25) is 0 Å². The van der Waals surface area contributed by atoms with Crippen LogP contribution in [0.5, 0.6) is 5.75 Å². The van der Waals surface area contributed by atoms with E-state index in [0.717, 1.165) is 14.7 Å². The van der Waals surface area contributed by atoms with Gasteiger partial charge >= 0.3 is 6.18 Å². The number of ether oxygens (including phenoxy) is 1. The highest BCUT2D eigenvalue weighted by molar-refractivity contribution is 9.10. The molecule has 0 radical (unpaired) electrons. The maximum atomic E-state index is 12.1. The largest absolute Gasteiger partial charge is 0.486 e. The molecular weight excluding hydrogens is 325 g/mol. The zero-order valence-electron chi connectivity index (χ0n) is 9.69. The van der Waals surface area contributed by atoms with Gasteiger partial charge in [0.05, 0.1) is 12.4 Å². The second-order valence-corrected chi connectivity index (χ2v) is 4.82. The summed E-state index contributed by atoms with van der Waals surface area (Å²) in [4.78, 5) is 0. The van der Waals surface area contributed by atoms with Crippen molar-refractivity contribution in [3.05, 3.63) is 46.7 Å². The molecule has 0 spiro atoms. The van der Waals surface area contributed by atoms with Gasteiger partial charge in [0.2, 0.25) is 0 Å². The molecule has 0 N–H and O–H groups in total. The van der Waals surface area contributed by atoms with Gasteiger partial charge in [0, 0.05) is 4.47 Å². The third-order valence-electron chi connectivity index (χ3n) is 2.27. The highest BCUT2D eigenvalue weighted by Crippen LogP contribution is 2.19. The molecule has 7 heteroatoms. The van der Waals surface area contributed by atoms with Crippen molar-refractivity contribution < 1.29 is 17.9 Å². The van der Waals surface area contributed by atoms with E-state index >= 15 is 0 Å². The van der Waals surface area contributed by atoms with Crippen LogP contribution in [0, 0.1) is 0 Å². The highest BCUT2D eigenvalue weighted by atomic mass is 79.9. The van der Waals surface area contributed by atoms with Crippen LogP contribution in [-0.2, 0) is 13.2 Å². The van der Waals surface area contributed by atoms with Gasteiger partial charge in [0.15, 0.2) is 5.75 Å². The lowest BCUT2D eigenvalue weighted by molar-refractivity contribution is -0.142. The molecule has 0 amide bonds. The molecule has 0 aliphatic rings. The first-order chi connectivity index (χ1) is 8.92. The number of alkyl halides is 3. The minimum Gasteiger partial charge on any atom is -0.486 e. The zero-order valence-corrected chi connectivity index (χ0v) is 11.3. The Morgan fingerprint density at radius 3 is 2.53 bits per heavy atom. The molecular formula is C12H10BrF3N2O. The summed E-state index contributed by atoms with van der Waals surface area (Å²) in [5, 5.41) is 3.59. The number of halogens is 4. The number of aromatic nitrogens is 2. The predicted octanol–water partition coefficient (Wildman–Crippen LogP) is 3.79. The molecule has 1 heterocycles. The van der Waals surface area contributed by atoms with Gasteiger partial charge in [-0.05, 0) is 17.7 Å². The van der Waals surface area contributed by atoms with E-state index in [2.05, 4.69) is 21.0 Å². The quantitative estimate of drug-likeness (QED) is 0.850. The van der Waals surface area contributed by atoms with Crippen LogP contribution in [0.3, 0.4) is 0 Å². The lowest BCUT2D eigenvalue weighted by Gasteiger charge is -2.05. The van der Waals surface area contributed by atoms with Crippen LogP contribution in [0.1, 0.15) is 5.56 Å². The smallest absolute Gasteiger partial charge is 0.408 e. The fraction of sp³-hybridized carbons (Fsp3) is 0.250. The number of hydrogen-bond donors (Lipinski definition) is 0. The van der Waals surface area contributed by atoms with Gasteiger partial charge in [0.25, 0.3) is 0 Å². The van der Waals surface area contributed by atoms with E-state index in [1.165, 1.54) is 12.4 Å². The minimum atomic E-state index is -4.28. The Morgan fingerprint density at radius 1 is 1.21 bits per heavy atom. The fourth-order valence-corrected chi connectivity index (χ4v) is 1.70. The lowest BCUT2D eigenvalue weighted by Crippen LogP contribution is -2.17. The van der Waals surface area contributed by atoms with Gasteiger partial charge in [-0.15, -0.1) is 0 Å². The van der Waals surface area contributed by atoms with Gasteiger partial charge in [0.1, 0.15) is 13.2 Å². The number of hydrogen-bond acceptors (Lipinski definition) is 2. The van der Waals surface area contributed by atoms with Crippen molar-refractivity contribution in [2.75, 3.05) is 0 Å². The molecule has 0 bridgehead atoms. The summed E-state index contributed by atoms with van der Waals surface area (Å²) in [6, 6.07) is 7.46. The van der Waals surface area contributed by atoms with Crippen LogP contribution in [0.4, 0.5) is 13.2 Å². The summed E-state index contributed by atoms with van der Waals surface area (Å²) in [6.45, 7) is -0.834. The fourth-order valence-electron chi connectivity index (χ4n) is 1.44. The average Bonchev–Trinajstić information content (AvgIpc) is 2.73. The molecule has 0 saturated heterocycles. The molecule has 0 aliphatic carbocycles. The Hall–Kier alpha value is -1.50. The summed E-state index contributed by atoms with van der Waals surface area (Å²) in [5.74, 6) is 0.312. The van der Waals surface area contributed by atoms with Crippen molar-refractivity contribution >= 4 is 15.9 Å². The molecule has 1 aromatic heterocycles. The van der Waals surface area contributed by atoms with Crippen LogP contribution in [0.25, 0.3) is 0 Å². The first kappa shape index (κ1) is 13.9. The first-order valence-electron chi connectivity index (χ1n) is 5.39. The van der Waals surface area contributed by atoms with Gasteiger partial charge in [-0.3, -0.25) is 4.68 Å². The van der Waals surface area contributed by atoms with Gasteiger partial charge < -0.3 is 4.74 Å². The topological polar surface area (TPSA) is 27.1 Å². The maximum absolute atomic E-state index is 12.1. The van der Waals surface area contributed by atoms with E-state index in [1.54, 1.807) is 0 Å². The normalized spacial score (nSPS) is 11.6. The van der Waals surface area contributed by atoms with Crippen molar-refractivity contribution in [2.45, 2.75) is 19.3 Å². The molecule has 0 unspecified atom stereocenters. The van der Waals surface area contributed by atoms with Crippen molar-refractivity contribution in [1.29, 1.82) is 0 Å². The van der Waals surface area contributed by atoms with E-state index in [9.17, 15) is 13.2 Å². The van der Waals surface area contributed by atoms with Gasteiger partial charge in [-0.2, -0.15) is 18.3 Å². The van der Waals surface area contributed by atoms with Crippen molar-refractivity contribution in [1.82, 2.24) is 9.78 Å². The van der Waals surface area contributed by atoms with E-state index in [-0.39, 0.29) is 6.61 Å². The van der Waals surface area contributed by atoms with Gasteiger partial charge in [-0.1, -0.05) is 28.1 Å². The number of rotatable bonds is 4. The summed E-state index contributed by atoms with van der Waals surface area (Å²) >= 11 is 3.31. The van der Waals surface area contributed by atoms with Crippen LogP contribution in [0.15, 0.2) is 41.1 Å². The third kappa shape index (κ3) is 4.59. The summed E-state index contributed by atoms with van der Waals surface area (Å²) < 4.78 is 43.5. The Kier molecular flexibility index (Phi) is 4.14. The Labute approximate surface area is 116 Å². The zero-order chi connectivity index (χ0) is 13.9. The maximum Gasteiger partial charge on any atom is 0.408 e. The van der Waals surface area contributed by atoms with E-state index in [1.807, 2.05) is 24.3 Å². The highest BCUT2D eigenvalue weighted by Gasteiger charge is 2.28. The van der Waals surface area contributed by atoms with E-state index in [0.29, 0.717) is 5.75 Å². The Balaban J connectivity index is 1.91. The monoisotopic (exact) mass is 334 g/mol. The molecule has 0 aliphatic heterocycles. The summed E-state index contributed by atoms with van der Waals surface area (Å²) in [6.07, 6.45) is -1.79. The minimum absolute atomic E-state index is 0.283. The molecule has 2 aromatic rings. The molecule has 19 heavy (non-hydrogen) atoms. The molecule has 0 saturated carbocycles. The summed E-state index contributed by atoms with van der Waals surface area (Å²) in [5.41, 5.74) is 0.923. The lowest BCUT2D eigenvalue weighted by atomic mass is 10.2. The van der Waals surface area contributed by atoms with Crippen molar-refractivity contribution in [3.63, 3.8) is 0 Å². The van der Waals surface area contributed by atoms with Gasteiger partial charge in [-0.25, -0.2) is 0 Å². The van der Waals surface area contributed by atoms with Crippen molar-refractivity contribution in [2.24, 2.45) is 0 Å². The molecule has 2 rings (SSSR count). The van der Waals surface area contributed by atoms with Crippen LogP contribution >= 0.6 is 15.9 Å².